The maximum absolute atomic E-state index is 5.23. The normalized spacial score (nSPS) is 12.8. The molecule has 1 aromatic carbocycles. The third-order valence-electron chi connectivity index (χ3n) is 3.00. The highest BCUT2D eigenvalue weighted by Crippen LogP contribution is 2.17. The van der Waals surface area contributed by atoms with Crippen LogP contribution < -0.4 is 5.32 Å². The molecule has 1 aromatic rings. The lowest BCUT2D eigenvalue weighted by atomic mass is 10.1. The van der Waals surface area contributed by atoms with Crippen molar-refractivity contribution in [2.24, 2.45) is 0 Å². The number of ether oxygens (including phenoxy) is 2. The van der Waals surface area contributed by atoms with E-state index in [1.54, 1.807) is 14.2 Å². The van der Waals surface area contributed by atoms with Gasteiger partial charge in [0, 0.05) is 19.9 Å². The standard InChI is InChI=1S/C14H23NO2/c1-6-12-9-13(8-7-10(12)2)15-11(3)14(16-4)17-5/h7-9,11,14-15H,6H2,1-5H3. The Balaban J connectivity index is 2.74. The second kappa shape index (κ2) is 6.62. The van der Waals surface area contributed by atoms with E-state index in [0.29, 0.717) is 0 Å². The predicted octanol–water partition coefficient (Wildman–Crippen LogP) is 2.98. The zero-order valence-electron chi connectivity index (χ0n) is 11.4. The Morgan fingerprint density at radius 2 is 1.88 bits per heavy atom. The van der Waals surface area contributed by atoms with Crippen molar-refractivity contribution in [3.63, 3.8) is 0 Å². The first kappa shape index (κ1) is 14.0. The first-order valence-corrected chi connectivity index (χ1v) is 6.04. The molecule has 0 saturated carbocycles. The molecule has 3 nitrogen and oxygen atoms in total. The molecule has 0 saturated heterocycles. The van der Waals surface area contributed by atoms with Crippen LogP contribution in [0.3, 0.4) is 0 Å². The molecule has 1 N–H and O–H groups in total. The molecule has 17 heavy (non-hydrogen) atoms. The van der Waals surface area contributed by atoms with Crippen molar-refractivity contribution in [2.75, 3.05) is 19.5 Å². The number of nitrogens with one attached hydrogen (secondary N) is 1. The maximum atomic E-state index is 5.23. The maximum Gasteiger partial charge on any atom is 0.176 e. The van der Waals surface area contributed by atoms with E-state index < -0.39 is 0 Å². The van der Waals surface area contributed by atoms with Crippen molar-refractivity contribution < 1.29 is 9.47 Å². The van der Waals surface area contributed by atoms with Gasteiger partial charge in [-0.3, -0.25) is 0 Å². The molecule has 0 aliphatic carbocycles. The quantitative estimate of drug-likeness (QED) is 0.772. The highest BCUT2D eigenvalue weighted by Gasteiger charge is 2.15. The van der Waals surface area contributed by atoms with E-state index in [1.807, 2.05) is 6.92 Å². The van der Waals surface area contributed by atoms with Crippen LogP contribution >= 0.6 is 0 Å². The average Bonchev–Trinajstić information content (AvgIpc) is 2.33. The molecule has 0 aliphatic heterocycles. The summed E-state index contributed by atoms with van der Waals surface area (Å²) in [4.78, 5) is 0. The summed E-state index contributed by atoms with van der Waals surface area (Å²) in [6, 6.07) is 6.53. The minimum Gasteiger partial charge on any atom is -0.377 e. The van der Waals surface area contributed by atoms with E-state index in [2.05, 4.69) is 37.4 Å². The Labute approximate surface area is 104 Å². The summed E-state index contributed by atoms with van der Waals surface area (Å²) in [5.41, 5.74) is 3.81. The molecule has 3 heteroatoms. The van der Waals surface area contributed by atoms with Crippen molar-refractivity contribution >= 4 is 5.69 Å². The van der Waals surface area contributed by atoms with Gasteiger partial charge in [0.05, 0.1) is 6.04 Å². The van der Waals surface area contributed by atoms with Crippen LogP contribution in [0.4, 0.5) is 5.69 Å². The molecule has 0 spiro atoms. The molecule has 1 unspecified atom stereocenters. The van der Waals surface area contributed by atoms with E-state index in [1.165, 1.54) is 11.1 Å². The highest BCUT2D eigenvalue weighted by atomic mass is 16.7. The fraction of sp³-hybridized carbons (Fsp3) is 0.571. The lowest BCUT2D eigenvalue weighted by molar-refractivity contribution is -0.109. The SMILES string of the molecule is CCc1cc(NC(C)C(OC)OC)ccc1C. The first-order chi connectivity index (χ1) is 8.12. The number of methoxy groups -OCH3 is 2. The topological polar surface area (TPSA) is 30.5 Å². The largest absolute Gasteiger partial charge is 0.377 e. The Bertz CT molecular complexity index is 348. The minimum absolute atomic E-state index is 0.109. The first-order valence-electron chi connectivity index (χ1n) is 6.04. The van der Waals surface area contributed by atoms with Crippen LogP contribution in [-0.4, -0.2) is 26.6 Å². The van der Waals surface area contributed by atoms with Crippen LogP contribution in [-0.2, 0) is 15.9 Å². The molecule has 1 atom stereocenters. The molecule has 0 radical (unpaired) electrons. The monoisotopic (exact) mass is 237 g/mol. The lowest BCUT2D eigenvalue weighted by Gasteiger charge is -2.23. The minimum atomic E-state index is -0.235. The van der Waals surface area contributed by atoms with E-state index in [-0.39, 0.29) is 12.3 Å². The molecular formula is C14H23NO2. The second-order valence-corrected chi connectivity index (χ2v) is 4.27. The fourth-order valence-corrected chi connectivity index (χ4v) is 1.98. The summed E-state index contributed by atoms with van der Waals surface area (Å²) in [5.74, 6) is 0. The van der Waals surface area contributed by atoms with Crippen LogP contribution in [0.25, 0.3) is 0 Å². The Hall–Kier alpha value is -1.06. The van der Waals surface area contributed by atoms with Crippen molar-refractivity contribution in [1.82, 2.24) is 0 Å². The number of benzene rings is 1. The molecule has 0 aromatic heterocycles. The number of rotatable bonds is 6. The average molecular weight is 237 g/mol. The molecule has 96 valence electrons. The van der Waals surface area contributed by atoms with Gasteiger partial charge >= 0.3 is 0 Å². The second-order valence-electron chi connectivity index (χ2n) is 4.27. The van der Waals surface area contributed by atoms with Crippen molar-refractivity contribution in [1.29, 1.82) is 0 Å². The third kappa shape index (κ3) is 3.72. The number of hydrogen-bond donors (Lipinski definition) is 1. The van der Waals surface area contributed by atoms with E-state index >= 15 is 0 Å². The molecule has 0 heterocycles. The summed E-state index contributed by atoms with van der Waals surface area (Å²) in [6.45, 7) is 6.35. The van der Waals surface area contributed by atoms with E-state index in [0.717, 1.165) is 12.1 Å². The van der Waals surface area contributed by atoms with Crippen molar-refractivity contribution in [3.05, 3.63) is 29.3 Å². The van der Waals surface area contributed by atoms with Gasteiger partial charge in [-0.2, -0.15) is 0 Å². The Morgan fingerprint density at radius 1 is 1.24 bits per heavy atom. The van der Waals surface area contributed by atoms with E-state index in [9.17, 15) is 0 Å². The number of hydrogen-bond acceptors (Lipinski definition) is 3. The van der Waals surface area contributed by atoms with Crippen LogP contribution in [0.2, 0.25) is 0 Å². The van der Waals surface area contributed by atoms with Crippen LogP contribution in [0.15, 0.2) is 18.2 Å². The number of anilines is 1. The Morgan fingerprint density at radius 3 is 2.41 bits per heavy atom. The molecule has 0 amide bonds. The molecule has 0 fully saturated rings. The van der Waals surface area contributed by atoms with Gasteiger partial charge in [-0.1, -0.05) is 13.0 Å². The van der Waals surface area contributed by atoms with Gasteiger partial charge in [0.25, 0.3) is 0 Å². The fourth-order valence-electron chi connectivity index (χ4n) is 1.98. The summed E-state index contributed by atoms with van der Waals surface area (Å²) >= 11 is 0. The molecular weight excluding hydrogens is 214 g/mol. The smallest absolute Gasteiger partial charge is 0.176 e. The van der Waals surface area contributed by atoms with Gasteiger partial charge in [-0.05, 0) is 43.5 Å². The molecule has 1 rings (SSSR count). The van der Waals surface area contributed by atoms with Gasteiger partial charge in [0.1, 0.15) is 0 Å². The summed E-state index contributed by atoms with van der Waals surface area (Å²) in [5, 5.41) is 3.40. The predicted molar refractivity (Wildman–Crippen MR) is 71.4 cm³/mol. The Kier molecular flexibility index (Phi) is 5.45. The van der Waals surface area contributed by atoms with Crippen molar-refractivity contribution in [2.45, 2.75) is 39.5 Å². The van der Waals surface area contributed by atoms with Gasteiger partial charge in [0.2, 0.25) is 0 Å². The van der Waals surface area contributed by atoms with Gasteiger partial charge < -0.3 is 14.8 Å². The zero-order chi connectivity index (χ0) is 12.8. The molecule has 0 bridgehead atoms. The van der Waals surface area contributed by atoms with Gasteiger partial charge in [-0.15, -0.1) is 0 Å². The van der Waals surface area contributed by atoms with Crippen LogP contribution in [0.1, 0.15) is 25.0 Å². The highest BCUT2D eigenvalue weighted by molar-refractivity contribution is 5.49. The third-order valence-corrected chi connectivity index (χ3v) is 3.00. The van der Waals surface area contributed by atoms with E-state index in [4.69, 9.17) is 9.47 Å². The summed E-state index contributed by atoms with van der Waals surface area (Å²) in [6.07, 6.45) is 0.814. The van der Waals surface area contributed by atoms with Gasteiger partial charge in [-0.25, -0.2) is 0 Å². The number of aryl methyl sites for hydroxylation is 2. The summed E-state index contributed by atoms with van der Waals surface area (Å²) < 4.78 is 10.5. The lowest BCUT2D eigenvalue weighted by Crippen LogP contribution is -2.33. The zero-order valence-corrected chi connectivity index (χ0v) is 11.4. The molecule has 0 aliphatic rings. The van der Waals surface area contributed by atoms with Crippen molar-refractivity contribution in [3.8, 4) is 0 Å². The van der Waals surface area contributed by atoms with Gasteiger partial charge in [0.15, 0.2) is 6.29 Å². The summed E-state index contributed by atoms with van der Waals surface area (Å²) in [7, 11) is 3.30. The van der Waals surface area contributed by atoms with Crippen LogP contribution in [0, 0.1) is 6.92 Å². The van der Waals surface area contributed by atoms with Crippen LogP contribution in [0.5, 0.6) is 0 Å².